The van der Waals surface area contributed by atoms with Gasteiger partial charge in [0.05, 0.1) is 4.90 Å². The van der Waals surface area contributed by atoms with E-state index in [-0.39, 0.29) is 16.5 Å². The van der Waals surface area contributed by atoms with E-state index < -0.39 is 10.0 Å². The van der Waals surface area contributed by atoms with E-state index in [2.05, 4.69) is 10.6 Å². The summed E-state index contributed by atoms with van der Waals surface area (Å²) in [5, 5.41) is 5.47. The van der Waals surface area contributed by atoms with E-state index in [1.807, 2.05) is 20.8 Å². The first-order valence-electron chi connectivity index (χ1n) is 7.38. The molecule has 1 saturated heterocycles. The lowest BCUT2D eigenvalue weighted by molar-refractivity contribution is 0.244. The SMILES string of the molecule is CC(C)(C)NC(=O)Nc1ccc(S(=O)(=O)N2CCCC2)cc1. The number of urea groups is 1. The van der Waals surface area contributed by atoms with E-state index in [0.717, 1.165) is 12.8 Å². The van der Waals surface area contributed by atoms with Gasteiger partial charge in [0.1, 0.15) is 0 Å². The van der Waals surface area contributed by atoms with Crippen LogP contribution in [0.1, 0.15) is 33.6 Å². The van der Waals surface area contributed by atoms with Crippen LogP contribution in [0.4, 0.5) is 10.5 Å². The molecule has 6 nitrogen and oxygen atoms in total. The second kappa shape index (κ2) is 6.26. The zero-order valence-corrected chi connectivity index (χ0v) is 14.0. The molecule has 0 saturated carbocycles. The highest BCUT2D eigenvalue weighted by Crippen LogP contribution is 2.22. The zero-order chi connectivity index (χ0) is 16.4. The molecular weight excluding hydrogens is 302 g/mol. The van der Waals surface area contributed by atoms with Crippen molar-refractivity contribution < 1.29 is 13.2 Å². The van der Waals surface area contributed by atoms with E-state index in [1.165, 1.54) is 16.4 Å². The number of carbonyl (C=O) groups is 1. The molecule has 1 aromatic rings. The Morgan fingerprint density at radius 2 is 1.64 bits per heavy atom. The Bertz CT molecular complexity index is 627. The van der Waals surface area contributed by atoms with Crippen LogP contribution < -0.4 is 10.6 Å². The topological polar surface area (TPSA) is 78.5 Å². The fraction of sp³-hybridized carbons (Fsp3) is 0.533. The molecule has 2 N–H and O–H groups in total. The van der Waals surface area contributed by atoms with Crippen molar-refractivity contribution in [3.8, 4) is 0 Å². The summed E-state index contributed by atoms with van der Waals surface area (Å²) in [4.78, 5) is 12.0. The smallest absolute Gasteiger partial charge is 0.319 e. The number of nitrogens with one attached hydrogen (secondary N) is 2. The molecule has 0 aromatic heterocycles. The molecule has 0 spiro atoms. The molecule has 122 valence electrons. The highest BCUT2D eigenvalue weighted by molar-refractivity contribution is 7.89. The second-order valence-electron chi connectivity index (χ2n) is 6.46. The number of sulfonamides is 1. The lowest BCUT2D eigenvalue weighted by Gasteiger charge is -2.21. The minimum atomic E-state index is -3.41. The van der Waals surface area contributed by atoms with Gasteiger partial charge >= 0.3 is 6.03 Å². The maximum Gasteiger partial charge on any atom is 0.319 e. The molecule has 0 bridgehead atoms. The third-order valence-corrected chi connectivity index (χ3v) is 5.22. The summed E-state index contributed by atoms with van der Waals surface area (Å²) in [6, 6.07) is 5.94. The summed E-state index contributed by atoms with van der Waals surface area (Å²) < 4.78 is 26.3. The molecule has 0 aliphatic carbocycles. The number of benzene rings is 1. The van der Waals surface area contributed by atoms with Crippen LogP contribution in [0.2, 0.25) is 0 Å². The van der Waals surface area contributed by atoms with Crippen LogP contribution in [-0.4, -0.2) is 37.4 Å². The highest BCUT2D eigenvalue weighted by atomic mass is 32.2. The molecule has 2 rings (SSSR count). The number of carbonyl (C=O) groups excluding carboxylic acids is 1. The Morgan fingerprint density at radius 1 is 1.09 bits per heavy atom. The lowest BCUT2D eigenvalue weighted by Crippen LogP contribution is -2.43. The summed E-state index contributed by atoms with van der Waals surface area (Å²) in [6.45, 7) is 6.82. The largest absolute Gasteiger partial charge is 0.333 e. The maximum atomic E-state index is 12.4. The normalized spacial score (nSPS) is 16.5. The molecule has 7 heteroatoms. The Hall–Kier alpha value is -1.60. The van der Waals surface area contributed by atoms with Gasteiger partial charge in [-0.15, -0.1) is 0 Å². The Morgan fingerprint density at radius 3 is 2.14 bits per heavy atom. The predicted molar refractivity (Wildman–Crippen MR) is 86.3 cm³/mol. The summed E-state index contributed by atoms with van der Waals surface area (Å²) in [6.07, 6.45) is 1.82. The minimum Gasteiger partial charge on any atom is -0.333 e. The summed E-state index contributed by atoms with van der Waals surface area (Å²) in [7, 11) is -3.41. The average molecular weight is 325 g/mol. The van der Waals surface area contributed by atoms with Gasteiger partial charge in [0.15, 0.2) is 0 Å². The summed E-state index contributed by atoms with van der Waals surface area (Å²) >= 11 is 0. The van der Waals surface area contributed by atoms with Gasteiger partial charge in [-0.1, -0.05) is 0 Å². The number of rotatable bonds is 3. The highest BCUT2D eigenvalue weighted by Gasteiger charge is 2.26. The molecule has 22 heavy (non-hydrogen) atoms. The van der Waals surface area contributed by atoms with Crippen molar-refractivity contribution >= 4 is 21.7 Å². The van der Waals surface area contributed by atoms with Gasteiger partial charge in [0.2, 0.25) is 10.0 Å². The van der Waals surface area contributed by atoms with Gasteiger partial charge in [-0.25, -0.2) is 13.2 Å². The minimum absolute atomic E-state index is 0.260. The van der Waals surface area contributed by atoms with Crippen molar-refractivity contribution in [3.63, 3.8) is 0 Å². The maximum absolute atomic E-state index is 12.4. The second-order valence-corrected chi connectivity index (χ2v) is 8.40. The molecule has 2 amide bonds. The first-order chi connectivity index (χ1) is 10.2. The standard InChI is InChI=1S/C15H23N3O3S/c1-15(2,3)17-14(19)16-12-6-8-13(9-7-12)22(20,21)18-10-4-5-11-18/h6-9H,4-5,10-11H2,1-3H3,(H2,16,17,19). The molecule has 1 aromatic carbocycles. The van der Waals surface area contributed by atoms with Gasteiger partial charge in [-0.05, 0) is 57.9 Å². The Labute approximate surface area is 131 Å². The summed E-state index contributed by atoms with van der Waals surface area (Å²) in [5.41, 5.74) is 0.227. The van der Waals surface area contributed by atoms with E-state index in [4.69, 9.17) is 0 Å². The third-order valence-electron chi connectivity index (χ3n) is 3.30. The van der Waals surface area contributed by atoms with Crippen molar-refractivity contribution in [1.82, 2.24) is 9.62 Å². The number of anilines is 1. The number of nitrogens with zero attached hydrogens (tertiary/aromatic N) is 1. The number of hydrogen-bond acceptors (Lipinski definition) is 3. The fourth-order valence-corrected chi connectivity index (χ4v) is 3.81. The van der Waals surface area contributed by atoms with Crippen LogP contribution in [0.25, 0.3) is 0 Å². The van der Waals surface area contributed by atoms with Crippen molar-refractivity contribution in [1.29, 1.82) is 0 Å². The van der Waals surface area contributed by atoms with Gasteiger partial charge in [0, 0.05) is 24.3 Å². The first-order valence-corrected chi connectivity index (χ1v) is 8.82. The quantitative estimate of drug-likeness (QED) is 0.895. The van der Waals surface area contributed by atoms with Crippen LogP contribution in [-0.2, 0) is 10.0 Å². The molecule has 0 atom stereocenters. The summed E-state index contributed by atoms with van der Waals surface area (Å²) in [5.74, 6) is 0. The molecular formula is C15H23N3O3S. The van der Waals surface area contributed by atoms with Crippen molar-refractivity contribution in [3.05, 3.63) is 24.3 Å². The van der Waals surface area contributed by atoms with E-state index >= 15 is 0 Å². The molecule has 1 aliphatic heterocycles. The fourth-order valence-electron chi connectivity index (χ4n) is 2.29. The van der Waals surface area contributed by atoms with Crippen LogP contribution in [0.15, 0.2) is 29.2 Å². The van der Waals surface area contributed by atoms with E-state index in [1.54, 1.807) is 12.1 Å². The van der Waals surface area contributed by atoms with Crippen LogP contribution in [0.3, 0.4) is 0 Å². The molecule has 1 fully saturated rings. The zero-order valence-electron chi connectivity index (χ0n) is 13.2. The van der Waals surface area contributed by atoms with Crippen LogP contribution in [0.5, 0.6) is 0 Å². The third kappa shape index (κ3) is 4.20. The number of hydrogen-bond donors (Lipinski definition) is 2. The van der Waals surface area contributed by atoms with Gasteiger partial charge < -0.3 is 10.6 Å². The first kappa shape index (κ1) is 16.8. The predicted octanol–water partition coefficient (Wildman–Crippen LogP) is 2.39. The van der Waals surface area contributed by atoms with Crippen LogP contribution in [0, 0.1) is 0 Å². The van der Waals surface area contributed by atoms with E-state index in [9.17, 15) is 13.2 Å². The lowest BCUT2D eigenvalue weighted by atomic mass is 10.1. The van der Waals surface area contributed by atoms with Crippen molar-refractivity contribution in [2.75, 3.05) is 18.4 Å². The van der Waals surface area contributed by atoms with Gasteiger partial charge in [-0.3, -0.25) is 0 Å². The molecule has 0 unspecified atom stereocenters. The van der Waals surface area contributed by atoms with Gasteiger partial charge in [-0.2, -0.15) is 4.31 Å². The molecule has 0 radical (unpaired) electrons. The van der Waals surface area contributed by atoms with Crippen LogP contribution >= 0.6 is 0 Å². The average Bonchev–Trinajstić information content (AvgIpc) is 2.91. The Balaban J connectivity index is 2.06. The number of amides is 2. The van der Waals surface area contributed by atoms with Crippen molar-refractivity contribution in [2.45, 2.75) is 44.0 Å². The van der Waals surface area contributed by atoms with Crippen molar-refractivity contribution in [2.24, 2.45) is 0 Å². The molecule has 1 aliphatic rings. The van der Waals surface area contributed by atoms with Gasteiger partial charge in [0.25, 0.3) is 0 Å². The van der Waals surface area contributed by atoms with E-state index in [0.29, 0.717) is 18.8 Å². The molecule has 1 heterocycles. The Kier molecular flexibility index (Phi) is 4.77. The monoisotopic (exact) mass is 325 g/mol.